The SMILES string of the molecule is O=C(Nc1ccc2c(c1)OCCCO2)[C@H]1C[C@@H]1[N+](=O)[O-]. The molecule has 106 valence electrons. The first-order valence-corrected chi connectivity index (χ1v) is 6.49. The number of fused-ring (bicyclic) bond motifs is 1. The van der Waals surface area contributed by atoms with Gasteiger partial charge in [-0.25, -0.2) is 0 Å². The second-order valence-corrected chi connectivity index (χ2v) is 4.90. The third-order valence-corrected chi connectivity index (χ3v) is 3.38. The van der Waals surface area contributed by atoms with E-state index in [2.05, 4.69) is 5.32 Å². The molecule has 7 nitrogen and oxygen atoms in total. The number of amides is 1. The first-order valence-electron chi connectivity index (χ1n) is 6.49. The second kappa shape index (κ2) is 4.99. The summed E-state index contributed by atoms with van der Waals surface area (Å²) in [6.45, 7) is 1.17. The van der Waals surface area contributed by atoms with Crippen LogP contribution in [0.2, 0.25) is 0 Å². The van der Waals surface area contributed by atoms with E-state index in [1.54, 1.807) is 18.2 Å². The van der Waals surface area contributed by atoms with Crippen molar-refractivity contribution < 1.29 is 19.2 Å². The molecule has 1 saturated carbocycles. The molecule has 0 radical (unpaired) electrons. The number of carbonyl (C=O) groups is 1. The number of benzene rings is 1. The van der Waals surface area contributed by atoms with Crippen molar-refractivity contribution in [2.75, 3.05) is 18.5 Å². The molecule has 3 rings (SSSR count). The lowest BCUT2D eigenvalue weighted by Gasteiger charge is -2.10. The van der Waals surface area contributed by atoms with Gasteiger partial charge in [-0.1, -0.05) is 0 Å². The maximum absolute atomic E-state index is 11.8. The van der Waals surface area contributed by atoms with Gasteiger partial charge in [-0.05, 0) is 12.1 Å². The second-order valence-electron chi connectivity index (χ2n) is 4.90. The zero-order valence-electron chi connectivity index (χ0n) is 10.7. The van der Waals surface area contributed by atoms with Gasteiger partial charge in [0.05, 0.1) is 13.2 Å². The molecule has 2 atom stereocenters. The molecule has 1 heterocycles. The van der Waals surface area contributed by atoms with Crippen molar-refractivity contribution in [2.24, 2.45) is 5.92 Å². The zero-order chi connectivity index (χ0) is 14.1. The molecule has 0 unspecified atom stereocenters. The maximum Gasteiger partial charge on any atom is 0.234 e. The molecule has 1 amide bonds. The van der Waals surface area contributed by atoms with Gasteiger partial charge in [0, 0.05) is 29.5 Å². The summed E-state index contributed by atoms with van der Waals surface area (Å²) in [5, 5.41) is 13.2. The monoisotopic (exact) mass is 278 g/mol. The number of nitrogens with zero attached hydrogens (tertiary/aromatic N) is 1. The summed E-state index contributed by atoms with van der Waals surface area (Å²) in [4.78, 5) is 22.0. The molecular weight excluding hydrogens is 264 g/mol. The molecular formula is C13H14N2O5. The van der Waals surface area contributed by atoms with Gasteiger partial charge in [-0.15, -0.1) is 0 Å². The van der Waals surface area contributed by atoms with Crippen molar-refractivity contribution in [1.82, 2.24) is 0 Å². The van der Waals surface area contributed by atoms with Crippen molar-refractivity contribution >= 4 is 11.6 Å². The lowest BCUT2D eigenvalue weighted by atomic mass is 10.2. The smallest absolute Gasteiger partial charge is 0.234 e. The van der Waals surface area contributed by atoms with E-state index < -0.39 is 16.9 Å². The van der Waals surface area contributed by atoms with Crippen LogP contribution in [0.1, 0.15) is 12.8 Å². The summed E-state index contributed by atoms with van der Waals surface area (Å²) in [6.07, 6.45) is 1.12. The van der Waals surface area contributed by atoms with Crippen LogP contribution in [-0.4, -0.2) is 30.1 Å². The Morgan fingerprint density at radius 1 is 1.30 bits per heavy atom. The normalized spacial score (nSPS) is 23.6. The average Bonchev–Trinajstić information content (AvgIpc) is 3.22. The van der Waals surface area contributed by atoms with E-state index in [0.717, 1.165) is 6.42 Å². The predicted molar refractivity (Wildman–Crippen MR) is 69.6 cm³/mol. The first kappa shape index (κ1) is 12.7. The summed E-state index contributed by atoms with van der Waals surface area (Å²) < 4.78 is 11.0. The number of carbonyl (C=O) groups excluding carboxylic acids is 1. The van der Waals surface area contributed by atoms with E-state index in [4.69, 9.17) is 9.47 Å². The van der Waals surface area contributed by atoms with Crippen LogP contribution in [0.15, 0.2) is 18.2 Å². The number of anilines is 1. The Kier molecular flexibility index (Phi) is 3.17. The fraction of sp³-hybridized carbons (Fsp3) is 0.462. The van der Waals surface area contributed by atoms with E-state index in [1.165, 1.54) is 0 Å². The van der Waals surface area contributed by atoms with Gasteiger partial charge in [0.15, 0.2) is 11.5 Å². The number of rotatable bonds is 3. The quantitative estimate of drug-likeness (QED) is 0.667. The minimum absolute atomic E-state index is 0.309. The Morgan fingerprint density at radius 2 is 2.05 bits per heavy atom. The molecule has 1 aromatic carbocycles. The van der Waals surface area contributed by atoms with E-state index in [-0.39, 0.29) is 5.91 Å². The molecule has 7 heteroatoms. The van der Waals surface area contributed by atoms with E-state index in [9.17, 15) is 14.9 Å². The van der Waals surface area contributed by atoms with Crippen molar-refractivity contribution in [3.8, 4) is 11.5 Å². The molecule has 1 aromatic rings. The standard InChI is InChI=1S/C13H14N2O5/c16-13(9-7-10(9)15(17)18)14-8-2-3-11-12(6-8)20-5-1-4-19-11/h2-3,6,9-10H,1,4-5,7H2,(H,14,16)/t9-,10-/m0/s1. The lowest BCUT2D eigenvalue weighted by Crippen LogP contribution is -2.18. The van der Waals surface area contributed by atoms with Gasteiger partial charge in [-0.2, -0.15) is 0 Å². The highest BCUT2D eigenvalue weighted by Gasteiger charge is 2.53. The van der Waals surface area contributed by atoms with Gasteiger partial charge >= 0.3 is 0 Å². The number of hydrogen-bond acceptors (Lipinski definition) is 5. The highest BCUT2D eigenvalue weighted by Crippen LogP contribution is 2.36. The lowest BCUT2D eigenvalue weighted by molar-refractivity contribution is -0.497. The summed E-state index contributed by atoms with van der Waals surface area (Å²) >= 11 is 0. The van der Waals surface area contributed by atoms with Gasteiger partial charge < -0.3 is 14.8 Å². The first-order chi connectivity index (χ1) is 9.65. The maximum atomic E-state index is 11.8. The minimum Gasteiger partial charge on any atom is -0.490 e. The molecule has 1 fully saturated rings. The van der Waals surface area contributed by atoms with E-state index >= 15 is 0 Å². The predicted octanol–water partition coefficient (Wildman–Crippen LogP) is 1.45. The van der Waals surface area contributed by atoms with Crippen LogP contribution in [0.5, 0.6) is 11.5 Å². The highest BCUT2D eigenvalue weighted by molar-refractivity contribution is 5.95. The number of nitro groups is 1. The van der Waals surface area contributed by atoms with E-state index in [0.29, 0.717) is 36.8 Å². The van der Waals surface area contributed by atoms with Crippen LogP contribution in [-0.2, 0) is 4.79 Å². The van der Waals surface area contributed by atoms with Gasteiger partial charge in [0.25, 0.3) is 0 Å². The number of nitrogens with one attached hydrogen (secondary N) is 1. The third kappa shape index (κ3) is 2.52. The number of ether oxygens (including phenoxy) is 2. The Labute approximate surface area is 115 Å². The molecule has 0 aromatic heterocycles. The van der Waals surface area contributed by atoms with Crippen LogP contribution in [0.25, 0.3) is 0 Å². The van der Waals surface area contributed by atoms with Gasteiger partial charge in [0.1, 0.15) is 5.92 Å². The van der Waals surface area contributed by atoms with Crippen molar-refractivity contribution in [2.45, 2.75) is 18.9 Å². The fourth-order valence-electron chi connectivity index (χ4n) is 2.17. The molecule has 20 heavy (non-hydrogen) atoms. The fourth-order valence-corrected chi connectivity index (χ4v) is 2.17. The van der Waals surface area contributed by atoms with Gasteiger partial charge in [0.2, 0.25) is 11.9 Å². The summed E-state index contributed by atoms with van der Waals surface area (Å²) in [6, 6.07) is 4.38. The Hall–Kier alpha value is -2.31. The zero-order valence-corrected chi connectivity index (χ0v) is 10.7. The van der Waals surface area contributed by atoms with Crippen LogP contribution in [0.4, 0.5) is 5.69 Å². The largest absolute Gasteiger partial charge is 0.490 e. The highest BCUT2D eigenvalue weighted by atomic mass is 16.6. The van der Waals surface area contributed by atoms with Crippen molar-refractivity contribution in [3.63, 3.8) is 0 Å². The topological polar surface area (TPSA) is 90.7 Å². The Bertz CT molecular complexity index is 560. The average molecular weight is 278 g/mol. The summed E-state index contributed by atoms with van der Waals surface area (Å²) in [5.41, 5.74) is 0.563. The van der Waals surface area contributed by atoms with Crippen LogP contribution in [0, 0.1) is 16.0 Å². The Balaban J connectivity index is 1.68. The third-order valence-electron chi connectivity index (χ3n) is 3.38. The van der Waals surface area contributed by atoms with Crippen LogP contribution in [0.3, 0.4) is 0 Å². The van der Waals surface area contributed by atoms with E-state index in [1.807, 2.05) is 0 Å². The molecule has 0 bridgehead atoms. The molecule has 1 N–H and O–H groups in total. The summed E-state index contributed by atoms with van der Waals surface area (Å²) in [7, 11) is 0. The summed E-state index contributed by atoms with van der Waals surface area (Å²) in [5.74, 6) is 0.388. The molecule has 1 aliphatic heterocycles. The molecule has 2 aliphatic rings. The van der Waals surface area contributed by atoms with Crippen molar-refractivity contribution in [1.29, 1.82) is 0 Å². The Morgan fingerprint density at radius 3 is 2.75 bits per heavy atom. The molecule has 0 spiro atoms. The van der Waals surface area contributed by atoms with Crippen LogP contribution < -0.4 is 14.8 Å². The van der Waals surface area contributed by atoms with Crippen LogP contribution >= 0.6 is 0 Å². The molecule has 1 aliphatic carbocycles. The van der Waals surface area contributed by atoms with Crippen molar-refractivity contribution in [3.05, 3.63) is 28.3 Å². The van der Waals surface area contributed by atoms with Gasteiger partial charge in [-0.3, -0.25) is 14.9 Å². The minimum atomic E-state index is -0.740. The molecule has 0 saturated heterocycles. The number of hydrogen-bond donors (Lipinski definition) is 1.